The Labute approximate surface area is 88.2 Å². The van der Waals surface area contributed by atoms with Gasteiger partial charge < -0.3 is 5.73 Å². The van der Waals surface area contributed by atoms with Crippen molar-refractivity contribution in [3.8, 4) is 0 Å². The molecule has 14 heavy (non-hydrogen) atoms. The standard InChI is InChI=1S/C9H8BrF2NO/c10-7-3-1-6(2-4-7)5-9(11,12)8(13)14/h1-4H,5H2,(H2,13,14). The minimum absolute atomic E-state index is 0.372. The van der Waals surface area contributed by atoms with Crippen LogP contribution in [0.15, 0.2) is 28.7 Å². The average molecular weight is 264 g/mol. The van der Waals surface area contributed by atoms with Gasteiger partial charge >= 0.3 is 5.92 Å². The molecule has 0 aromatic heterocycles. The van der Waals surface area contributed by atoms with Crippen LogP contribution in [0.4, 0.5) is 8.78 Å². The van der Waals surface area contributed by atoms with Crippen molar-refractivity contribution in [3.05, 3.63) is 34.3 Å². The minimum atomic E-state index is -3.48. The van der Waals surface area contributed by atoms with Gasteiger partial charge in [0.05, 0.1) is 0 Å². The number of halogens is 3. The van der Waals surface area contributed by atoms with Gasteiger partial charge in [0.15, 0.2) is 0 Å². The van der Waals surface area contributed by atoms with Crippen molar-refractivity contribution in [2.24, 2.45) is 5.73 Å². The zero-order valence-corrected chi connectivity index (χ0v) is 8.72. The number of carbonyl (C=O) groups is 1. The van der Waals surface area contributed by atoms with E-state index in [1.165, 1.54) is 12.1 Å². The van der Waals surface area contributed by atoms with E-state index in [4.69, 9.17) is 0 Å². The summed E-state index contributed by atoms with van der Waals surface area (Å²) in [6.07, 6.45) is -0.657. The molecule has 2 nitrogen and oxygen atoms in total. The summed E-state index contributed by atoms with van der Waals surface area (Å²) in [5.41, 5.74) is 4.92. The number of amides is 1. The summed E-state index contributed by atoms with van der Waals surface area (Å²) in [6.45, 7) is 0. The van der Waals surface area contributed by atoms with E-state index in [0.29, 0.717) is 5.56 Å². The molecular formula is C9H8BrF2NO. The third-order valence-electron chi connectivity index (χ3n) is 1.70. The van der Waals surface area contributed by atoms with Gasteiger partial charge in [0.25, 0.3) is 5.91 Å². The normalized spacial score (nSPS) is 11.4. The van der Waals surface area contributed by atoms with Crippen LogP contribution in [0.25, 0.3) is 0 Å². The van der Waals surface area contributed by atoms with Crippen LogP contribution >= 0.6 is 15.9 Å². The lowest BCUT2D eigenvalue weighted by Gasteiger charge is -2.11. The van der Waals surface area contributed by atoms with Crippen LogP contribution in [0.2, 0.25) is 0 Å². The van der Waals surface area contributed by atoms with Crippen molar-refractivity contribution in [2.75, 3.05) is 0 Å². The van der Waals surface area contributed by atoms with Crippen molar-refractivity contribution in [3.63, 3.8) is 0 Å². The van der Waals surface area contributed by atoms with Crippen molar-refractivity contribution in [1.82, 2.24) is 0 Å². The number of hydrogen-bond donors (Lipinski definition) is 1. The Morgan fingerprint density at radius 3 is 2.29 bits per heavy atom. The molecule has 2 N–H and O–H groups in total. The lowest BCUT2D eigenvalue weighted by molar-refractivity contribution is -0.141. The number of carbonyl (C=O) groups excluding carboxylic acids is 1. The van der Waals surface area contributed by atoms with Crippen molar-refractivity contribution < 1.29 is 13.6 Å². The lowest BCUT2D eigenvalue weighted by Crippen LogP contribution is -2.37. The fraction of sp³-hybridized carbons (Fsp3) is 0.222. The molecule has 0 saturated carbocycles. The van der Waals surface area contributed by atoms with E-state index in [1.54, 1.807) is 12.1 Å². The van der Waals surface area contributed by atoms with E-state index in [9.17, 15) is 13.6 Å². The Hall–Kier alpha value is -0.970. The summed E-state index contributed by atoms with van der Waals surface area (Å²) < 4.78 is 26.5. The quantitative estimate of drug-likeness (QED) is 0.892. The zero-order valence-electron chi connectivity index (χ0n) is 7.14. The van der Waals surface area contributed by atoms with Gasteiger partial charge in [-0.25, -0.2) is 0 Å². The van der Waals surface area contributed by atoms with E-state index in [1.807, 2.05) is 0 Å². The fourth-order valence-corrected chi connectivity index (χ4v) is 1.21. The van der Waals surface area contributed by atoms with E-state index >= 15 is 0 Å². The molecule has 76 valence electrons. The van der Waals surface area contributed by atoms with Crippen LogP contribution in [-0.2, 0) is 11.2 Å². The van der Waals surface area contributed by atoms with Gasteiger partial charge in [-0.05, 0) is 17.7 Å². The van der Waals surface area contributed by atoms with Gasteiger partial charge in [-0.3, -0.25) is 4.79 Å². The number of alkyl halides is 2. The topological polar surface area (TPSA) is 43.1 Å². The number of rotatable bonds is 3. The van der Waals surface area contributed by atoms with Gasteiger partial charge in [0.2, 0.25) is 0 Å². The molecule has 1 aromatic rings. The van der Waals surface area contributed by atoms with E-state index in [-0.39, 0.29) is 0 Å². The molecule has 1 aromatic carbocycles. The second-order valence-corrected chi connectivity index (χ2v) is 3.79. The first kappa shape index (κ1) is 11.1. The highest BCUT2D eigenvalue weighted by Crippen LogP contribution is 2.20. The van der Waals surface area contributed by atoms with Crippen LogP contribution in [0, 0.1) is 0 Å². The lowest BCUT2D eigenvalue weighted by atomic mass is 10.1. The highest BCUT2D eigenvalue weighted by Gasteiger charge is 2.36. The molecule has 0 heterocycles. The molecular weight excluding hydrogens is 256 g/mol. The number of nitrogens with two attached hydrogens (primary N) is 1. The Morgan fingerprint density at radius 2 is 1.86 bits per heavy atom. The zero-order chi connectivity index (χ0) is 10.8. The molecule has 0 aliphatic carbocycles. The largest absolute Gasteiger partial charge is 0.364 e. The van der Waals surface area contributed by atoms with Crippen molar-refractivity contribution >= 4 is 21.8 Å². The first-order valence-corrected chi connectivity index (χ1v) is 4.63. The molecule has 0 atom stereocenters. The predicted molar refractivity (Wildman–Crippen MR) is 52.0 cm³/mol. The van der Waals surface area contributed by atoms with Gasteiger partial charge in [0.1, 0.15) is 0 Å². The molecule has 1 amide bonds. The Morgan fingerprint density at radius 1 is 1.36 bits per heavy atom. The van der Waals surface area contributed by atoms with Crippen LogP contribution in [0.3, 0.4) is 0 Å². The highest BCUT2D eigenvalue weighted by atomic mass is 79.9. The summed E-state index contributed by atoms with van der Waals surface area (Å²) in [5, 5.41) is 0. The highest BCUT2D eigenvalue weighted by molar-refractivity contribution is 9.10. The SMILES string of the molecule is NC(=O)C(F)(F)Cc1ccc(Br)cc1. The van der Waals surface area contributed by atoms with Gasteiger partial charge in [-0.15, -0.1) is 0 Å². The maximum atomic E-state index is 12.8. The summed E-state index contributed by atoms with van der Waals surface area (Å²) in [5.74, 6) is -5.08. The van der Waals surface area contributed by atoms with Gasteiger partial charge in [0, 0.05) is 10.9 Å². The third-order valence-corrected chi connectivity index (χ3v) is 2.23. The molecule has 0 spiro atoms. The second kappa shape index (κ2) is 4.04. The van der Waals surface area contributed by atoms with Gasteiger partial charge in [-0.2, -0.15) is 8.78 Å². The molecule has 0 unspecified atom stereocenters. The summed E-state index contributed by atoms with van der Waals surface area (Å²) in [6, 6.07) is 6.29. The molecule has 0 saturated heterocycles. The molecule has 0 bridgehead atoms. The first-order valence-electron chi connectivity index (χ1n) is 3.84. The molecule has 5 heteroatoms. The smallest absolute Gasteiger partial charge is 0.328 e. The fourth-order valence-electron chi connectivity index (χ4n) is 0.946. The summed E-state index contributed by atoms with van der Waals surface area (Å²) in [4.78, 5) is 10.4. The average Bonchev–Trinajstić information content (AvgIpc) is 2.08. The van der Waals surface area contributed by atoms with Crippen molar-refractivity contribution in [2.45, 2.75) is 12.3 Å². The molecule has 0 radical (unpaired) electrons. The van der Waals surface area contributed by atoms with Crippen molar-refractivity contribution in [1.29, 1.82) is 0 Å². The second-order valence-electron chi connectivity index (χ2n) is 2.87. The Kier molecular flexibility index (Phi) is 3.21. The molecule has 0 aliphatic rings. The molecule has 0 aliphatic heterocycles. The number of primary amides is 1. The molecule has 1 rings (SSSR count). The van der Waals surface area contributed by atoms with Crippen LogP contribution in [-0.4, -0.2) is 11.8 Å². The summed E-state index contributed by atoms with van der Waals surface area (Å²) >= 11 is 3.17. The van der Waals surface area contributed by atoms with E-state index < -0.39 is 18.3 Å². The Balaban J connectivity index is 2.79. The monoisotopic (exact) mass is 263 g/mol. The minimum Gasteiger partial charge on any atom is -0.364 e. The third kappa shape index (κ3) is 2.77. The van der Waals surface area contributed by atoms with E-state index in [2.05, 4.69) is 21.7 Å². The van der Waals surface area contributed by atoms with Crippen LogP contribution < -0.4 is 5.73 Å². The maximum Gasteiger partial charge on any atom is 0.328 e. The van der Waals surface area contributed by atoms with Crippen LogP contribution in [0.5, 0.6) is 0 Å². The number of benzene rings is 1. The maximum absolute atomic E-state index is 12.8. The predicted octanol–water partition coefficient (Wildman–Crippen LogP) is 2.11. The number of hydrogen-bond acceptors (Lipinski definition) is 1. The van der Waals surface area contributed by atoms with E-state index in [0.717, 1.165) is 4.47 Å². The first-order chi connectivity index (χ1) is 6.42. The molecule has 0 fully saturated rings. The van der Waals surface area contributed by atoms with Gasteiger partial charge in [-0.1, -0.05) is 28.1 Å². The van der Waals surface area contributed by atoms with Crippen LogP contribution in [0.1, 0.15) is 5.56 Å². The Bertz CT molecular complexity index is 337. The summed E-state index contributed by atoms with van der Waals surface area (Å²) in [7, 11) is 0.